The Kier molecular flexibility index (Phi) is 7.93. The molecule has 0 saturated carbocycles. The SMILES string of the molecule is CCNC(=O)C(CC)N(Cc1ccc(OC)cc1)C(=O)CCN1C(=O)c2ccccc2S1(=O)=O. The third kappa shape index (κ3) is 5.06. The van der Waals surface area contributed by atoms with Gasteiger partial charge in [0.15, 0.2) is 0 Å². The first-order valence-corrected chi connectivity index (χ1v) is 12.5. The minimum absolute atomic E-state index is 0.0590. The van der Waals surface area contributed by atoms with E-state index in [-0.39, 0.29) is 35.9 Å². The molecular formula is C24H29N3O6S. The van der Waals surface area contributed by atoms with E-state index in [1.165, 1.54) is 17.0 Å². The number of nitrogens with one attached hydrogen (secondary N) is 1. The monoisotopic (exact) mass is 487 g/mol. The van der Waals surface area contributed by atoms with Crippen molar-refractivity contribution in [1.29, 1.82) is 0 Å². The summed E-state index contributed by atoms with van der Waals surface area (Å²) in [5, 5.41) is 2.75. The first kappa shape index (κ1) is 25.2. The van der Waals surface area contributed by atoms with Crippen molar-refractivity contribution in [2.45, 2.75) is 44.2 Å². The predicted octanol–water partition coefficient (Wildman–Crippen LogP) is 2.17. The number of amides is 3. The van der Waals surface area contributed by atoms with Crippen LogP contribution in [0.5, 0.6) is 5.75 Å². The number of methoxy groups -OCH3 is 1. The lowest BCUT2D eigenvalue weighted by molar-refractivity contribution is -0.141. The Bertz CT molecular complexity index is 1160. The molecule has 1 heterocycles. The number of carbonyl (C=O) groups excluding carboxylic acids is 3. The zero-order valence-corrected chi connectivity index (χ0v) is 20.3. The lowest BCUT2D eigenvalue weighted by atomic mass is 10.1. The lowest BCUT2D eigenvalue weighted by Crippen LogP contribution is -2.49. The third-order valence-electron chi connectivity index (χ3n) is 5.69. The molecule has 2 aromatic rings. The summed E-state index contributed by atoms with van der Waals surface area (Å²) in [5.74, 6) is -0.701. The van der Waals surface area contributed by atoms with Crippen LogP contribution < -0.4 is 10.1 Å². The molecule has 34 heavy (non-hydrogen) atoms. The average Bonchev–Trinajstić information content (AvgIpc) is 3.03. The maximum atomic E-state index is 13.3. The zero-order chi connectivity index (χ0) is 24.9. The minimum Gasteiger partial charge on any atom is -0.497 e. The molecule has 0 aromatic heterocycles. The Morgan fingerprint density at radius 1 is 1.09 bits per heavy atom. The summed E-state index contributed by atoms with van der Waals surface area (Å²) in [6, 6.07) is 12.4. The Labute approximate surface area is 199 Å². The van der Waals surface area contributed by atoms with Gasteiger partial charge in [-0.25, -0.2) is 12.7 Å². The van der Waals surface area contributed by atoms with Crippen molar-refractivity contribution < 1.29 is 27.5 Å². The van der Waals surface area contributed by atoms with Gasteiger partial charge in [0.25, 0.3) is 15.9 Å². The molecular weight excluding hydrogens is 458 g/mol. The summed E-state index contributed by atoms with van der Waals surface area (Å²) in [6.07, 6.45) is 0.130. The van der Waals surface area contributed by atoms with Crippen LogP contribution in [0.3, 0.4) is 0 Å². The molecule has 182 valence electrons. The molecule has 2 aromatic carbocycles. The maximum absolute atomic E-state index is 13.3. The number of likely N-dealkylation sites (N-methyl/N-ethyl adjacent to an activating group) is 1. The van der Waals surface area contributed by atoms with Gasteiger partial charge in [-0.1, -0.05) is 31.2 Å². The van der Waals surface area contributed by atoms with E-state index in [1.807, 2.05) is 0 Å². The molecule has 10 heteroatoms. The third-order valence-corrected chi connectivity index (χ3v) is 7.53. The van der Waals surface area contributed by atoms with Gasteiger partial charge in [-0.15, -0.1) is 0 Å². The van der Waals surface area contributed by atoms with Crippen LogP contribution in [0, 0.1) is 0 Å². The number of hydrogen-bond donors (Lipinski definition) is 1. The fourth-order valence-corrected chi connectivity index (χ4v) is 5.50. The Morgan fingerprint density at radius 2 is 1.76 bits per heavy atom. The number of rotatable bonds is 10. The zero-order valence-electron chi connectivity index (χ0n) is 19.5. The molecule has 0 radical (unpaired) electrons. The number of sulfonamides is 1. The Balaban J connectivity index is 1.82. The summed E-state index contributed by atoms with van der Waals surface area (Å²) in [5.41, 5.74) is 0.882. The molecule has 1 atom stereocenters. The fourth-order valence-electron chi connectivity index (χ4n) is 3.93. The summed E-state index contributed by atoms with van der Waals surface area (Å²) < 4.78 is 31.5. The van der Waals surface area contributed by atoms with Gasteiger partial charge in [-0.2, -0.15) is 0 Å². The highest BCUT2D eigenvalue weighted by Gasteiger charge is 2.41. The summed E-state index contributed by atoms with van der Waals surface area (Å²) in [7, 11) is -2.46. The molecule has 0 aliphatic carbocycles. The van der Waals surface area contributed by atoms with E-state index in [0.29, 0.717) is 18.7 Å². The van der Waals surface area contributed by atoms with Gasteiger partial charge in [0.2, 0.25) is 11.8 Å². The summed E-state index contributed by atoms with van der Waals surface area (Å²) >= 11 is 0. The molecule has 0 saturated heterocycles. The summed E-state index contributed by atoms with van der Waals surface area (Å²) in [4.78, 5) is 40.1. The second-order valence-electron chi connectivity index (χ2n) is 7.82. The van der Waals surface area contributed by atoms with Crippen molar-refractivity contribution in [3.8, 4) is 5.75 Å². The number of nitrogens with zero attached hydrogens (tertiary/aromatic N) is 2. The van der Waals surface area contributed by atoms with Crippen molar-refractivity contribution >= 4 is 27.7 Å². The molecule has 0 fully saturated rings. The van der Waals surface area contributed by atoms with Crippen LogP contribution in [0.25, 0.3) is 0 Å². The van der Waals surface area contributed by atoms with E-state index >= 15 is 0 Å². The van der Waals surface area contributed by atoms with Crippen LogP contribution in [0.4, 0.5) is 0 Å². The fraction of sp³-hybridized carbons (Fsp3) is 0.375. The predicted molar refractivity (Wildman–Crippen MR) is 126 cm³/mol. The van der Waals surface area contributed by atoms with E-state index in [9.17, 15) is 22.8 Å². The van der Waals surface area contributed by atoms with Crippen LogP contribution in [-0.2, 0) is 26.2 Å². The quantitative estimate of drug-likeness (QED) is 0.550. The van der Waals surface area contributed by atoms with Crippen molar-refractivity contribution in [1.82, 2.24) is 14.5 Å². The molecule has 9 nitrogen and oxygen atoms in total. The van der Waals surface area contributed by atoms with E-state index in [4.69, 9.17) is 4.74 Å². The molecule has 1 N–H and O–H groups in total. The van der Waals surface area contributed by atoms with Crippen molar-refractivity contribution in [2.24, 2.45) is 0 Å². The molecule has 1 unspecified atom stereocenters. The van der Waals surface area contributed by atoms with E-state index in [1.54, 1.807) is 57.4 Å². The van der Waals surface area contributed by atoms with E-state index in [0.717, 1.165) is 9.87 Å². The number of ether oxygens (including phenoxy) is 1. The minimum atomic E-state index is -4.01. The van der Waals surface area contributed by atoms with E-state index < -0.39 is 27.9 Å². The van der Waals surface area contributed by atoms with Crippen LogP contribution >= 0.6 is 0 Å². The number of fused-ring (bicyclic) bond motifs is 1. The van der Waals surface area contributed by atoms with Gasteiger partial charge in [0.1, 0.15) is 16.7 Å². The highest BCUT2D eigenvalue weighted by molar-refractivity contribution is 7.90. The van der Waals surface area contributed by atoms with Crippen molar-refractivity contribution in [3.63, 3.8) is 0 Å². The van der Waals surface area contributed by atoms with Gasteiger partial charge in [0.05, 0.1) is 12.7 Å². The van der Waals surface area contributed by atoms with E-state index in [2.05, 4.69) is 5.32 Å². The van der Waals surface area contributed by atoms with Crippen LogP contribution in [0.15, 0.2) is 53.4 Å². The maximum Gasteiger partial charge on any atom is 0.269 e. The molecule has 3 rings (SSSR count). The average molecular weight is 488 g/mol. The van der Waals surface area contributed by atoms with Crippen LogP contribution in [0.2, 0.25) is 0 Å². The number of carbonyl (C=O) groups is 3. The highest BCUT2D eigenvalue weighted by atomic mass is 32.2. The van der Waals surface area contributed by atoms with Crippen molar-refractivity contribution in [3.05, 3.63) is 59.7 Å². The standard InChI is InChI=1S/C24H29N3O6S/c1-4-20(23(29)25-5-2)26(16-17-10-12-18(33-3)13-11-17)22(28)14-15-27-24(30)19-8-6-7-9-21(19)34(27,31)32/h6-13,20H,4-5,14-16H2,1-3H3,(H,25,29). The van der Waals surface area contributed by atoms with Gasteiger partial charge in [0, 0.05) is 26.1 Å². The van der Waals surface area contributed by atoms with Crippen LogP contribution in [-0.4, -0.2) is 61.6 Å². The van der Waals surface area contributed by atoms with Gasteiger partial charge >= 0.3 is 0 Å². The van der Waals surface area contributed by atoms with Gasteiger partial charge in [-0.3, -0.25) is 14.4 Å². The number of benzene rings is 2. The lowest BCUT2D eigenvalue weighted by Gasteiger charge is -2.31. The second kappa shape index (κ2) is 10.7. The largest absolute Gasteiger partial charge is 0.497 e. The van der Waals surface area contributed by atoms with Crippen molar-refractivity contribution in [2.75, 3.05) is 20.2 Å². The van der Waals surface area contributed by atoms with Gasteiger partial charge in [-0.05, 0) is 43.2 Å². The molecule has 1 aliphatic rings. The molecule has 1 aliphatic heterocycles. The molecule has 0 spiro atoms. The van der Waals surface area contributed by atoms with Crippen LogP contribution in [0.1, 0.15) is 42.6 Å². The highest BCUT2D eigenvalue weighted by Crippen LogP contribution is 2.30. The smallest absolute Gasteiger partial charge is 0.269 e. The molecule has 0 bridgehead atoms. The topological polar surface area (TPSA) is 113 Å². The van der Waals surface area contributed by atoms with Gasteiger partial charge < -0.3 is 15.0 Å². The Hall–Kier alpha value is -3.40. The second-order valence-corrected chi connectivity index (χ2v) is 9.65. The first-order chi connectivity index (χ1) is 16.2. The Morgan fingerprint density at radius 3 is 2.35 bits per heavy atom. The number of hydrogen-bond acceptors (Lipinski definition) is 6. The molecule has 3 amide bonds. The summed E-state index contributed by atoms with van der Waals surface area (Å²) in [6.45, 7) is 3.86. The normalized spacial score (nSPS) is 14.9. The first-order valence-electron chi connectivity index (χ1n) is 11.1.